The molecule has 4 aromatic carbocycles. The predicted molar refractivity (Wildman–Crippen MR) is 142 cm³/mol. The molecule has 0 spiro atoms. The zero-order chi connectivity index (χ0) is 23.2. The van der Waals surface area contributed by atoms with Gasteiger partial charge in [-0.15, -0.1) is 0 Å². The van der Waals surface area contributed by atoms with E-state index in [1.54, 1.807) is 0 Å². The Bertz CT molecular complexity index is 1630. The summed E-state index contributed by atoms with van der Waals surface area (Å²) in [6.07, 6.45) is 8.16. The lowest BCUT2D eigenvalue weighted by atomic mass is 9.92. The predicted octanol–water partition coefficient (Wildman–Crippen LogP) is 7.92. The third-order valence-electron chi connectivity index (χ3n) is 6.78. The fourth-order valence-electron chi connectivity index (χ4n) is 5.03. The molecule has 1 unspecified atom stereocenters. The van der Waals surface area contributed by atoms with Crippen molar-refractivity contribution in [2.45, 2.75) is 6.04 Å². The van der Waals surface area contributed by atoms with Crippen LogP contribution >= 0.6 is 0 Å². The third kappa shape index (κ3) is 3.41. The van der Waals surface area contributed by atoms with Crippen LogP contribution in [0.4, 0.5) is 0 Å². The summed E-state index contributed by atoms with van der Waals surface area (Å²) in [6, 6.07) is 34.0. The van der Waals surface area contributed by atoms with Crippen LogP contribution in [-0.2, 0) is 0 Å². The smallest absolute Gasteiger partial charge is 0.135 e. The molecule has 1 aromatic heterocycles. The third-order valence-corrected chi connectivity index (χ3v) is 6.78. The maximum absolute atomic E-state index is 6.35. The number of hydrogen-bond acceptors (Lipinski definition) is 3. The minimum atomic E-state index is 0.106. The van der Waals surface area contributed by atoms with Gasteiger partial charge in [-0.2, -0.15) is 0 Å². The molecular weight excluding hydrogens is 428 g/mol. The van der Waals surface area contributed by atoms with Crippen LogP contribution in [0.2, 0.25) is 0 Å². The molecule has 0 saturated heterocycles. The summed E-state index contributed by atoms with van der Waals surface area (Å²) in [5.74, 6) is 1.82. The highest BCUT2D eigenvalue weighted by atomic mass is 16.5. The first-order valence-electron chi connectivity index (χ1n) is 11.8. The van der Waals surface area contributed by atoms with Gasteiger partial charge in [-0.25, -0.2) is 0 Å². The average Bonchev–Trinajstić information content (AvgIpc) is 2.94. The first-order valence-corrected chi connectivity index (χ1v) is 11.8. The van der Waals surface area contributed by atoms with Crippen LogP contribution in [0.5, 0.6) is 11.5 Å². The second-order valence-corrected chi connectivity index (χ2v) is 8.90. The number of aromatic nitrogens is 1. The van der Waals surface area contributed by atoms with E-state index in [2.05, 4.69) is 107 Å². The van der Waals surface area contributed by atoms with E-state index >= 15 is 0 Å². The Morgan fingerprint density at radius 3 is 2.43 bits per heavy atom. The van der Waals surface area contributed by atoms with Crippen LogP contribution in [0.3, 0.4) is 0 Å². The van der Waals surface area contributed by atoms with E-state index in [9.17, 15) is 0 Å². The molecule has 3 heteroatoms. The highest BCUT2D eigenvalue weighted by Gasteiger charge is 2.20. The zero-order valence-corrected chi connectivity index (χ0v) is 19.0. The Morgan fingerprint density at radius 2 is 1.57 bits per heavy atom. The Balaban J connectivity index is 1.17. The monoisotopic (exact) mass is 450 g/mol. The van der Waals surface area contributed by atoms with Crippen molar-refractivity contribution in [3.05, 3.63) is 133 Å². The number of dihydropyridines is 1. The maximum Gasteiger partial charge on any atom is 0.135 e. The zero-order valence-electron chi connectivity index (χ0n) is 19.0. The number of pyridine rings is 1. The van der Waals surface area contributed by atoms with Crippen molar-refractivity contribution in [2.24, 2.45) is 0 Å². The van der Waals surface area contributed by atoms with Gasteiger partial charge in [0, 0.05) is 17.1 Å². The fourth-order valence-corrected chi connectivity index (χ4v) is 5.03. The summed E-state index contributed by atoms with van der Waals surface area (Å²) < 4.78 is 6.35. The summed E-state index contributed by atoms with van der Waals surface area (Å²) >= 11 is 0. The number of rotatable bonds is 3. The first kappa shape index (κ1) is 19.8. The molecule has 0 fully saturated rings. The molecule has 1 atom stereocenters. The molecule has 2 aliphatic rings. The van der Waals surface area contributed by atoms with Crippen molar-refractivity contribution < 1.29 is 4.74 Å². The van der Waals surface area contributed by atoms with E-state index in [1.165, 1.54) is 21.9 Å². The van der Waals surface area contributed by atoms with Gasteiger partial charge in [0.05, 0.1) is 17.4 Å². The van der Waals surface area contributed by atoms with Gasteiger partial charge in [-0.05, 0) is 64.0 Å². The van der Waals surface area contributed by atoms with Crippen molar-refractivity contribution in [1.29, 1.82) is 0 Å². The van der Waals surface area contributed by atoms with E-state index in [0.29, 0.717) is 0 Å². The van der Waals surface area contributed by atoms with Gasteiger partial charge in [0.2, 0.25) is 0 Å². The fraction of sp³-hybridized carbons (Fsp3) is 0.0312. The first-order chi connectivity index (χ1) is 17.3. The molecule has 0 amide bonds. The molecule has 3 nitrogen and oxygen atoms in total. The molecule has 3 heterocycles. The molecule has 2 aliphatic heterocycles. The van der Waals surface area contributed by atoms with Crippen molar-refractivity contribution in [3.63, 3.8) is 0 Å². The molecule has 7 rings (SSSR count). The summed E-state index contributed by atoms with van der Waals surface area (Å²) in [7, 11) is 0. The van der Waals surface area contributed by atoms with E-state index < -0.39 is 0 Å². The van der Waals surface area contributed by atoms with Crippen molar-refractivity contribution in [2.75, 3.05) is 0 Å². The van der Waals surface area contributed by atoms with Crippen LogP contribution in [0.15, 0.2) is 121 Å². The maximum atomic E-state index is 6.35. The average molecular weight is 451 g/mol. The standard InChI is InChI=1S/C32H22N2O/c1-2-19-33-28(9-1)29-11-5-10-27(34-29)22-15-13-21(14-16-22)24-17-18-25-26-8-3-6-23-7-4-12-30(32(23)26)35-31(25)20-24/h1-20,27,34H. The number of allylic oxidation sites excluding steroid dienone is 2. The van der Waals surface area contributed by atoms with Gasteiger partial charge in [-0.1, -0.05) is 78.9 Å². The van der Waals surface area contributed by atoms with Gasteiger partial charge in [0.25, 0.3) is 0 Å². The van der Waals surface area contributed by atoms with Crippen LogP contribution in [0.1, 0.15) is 17.3 Å². The van der Waals surface area contributed by atoms with Gasteiger partial charge in [-0.3, -0.25) is 4.98 Å². The van der Waals surface area contributed by atoms with Gasteiger partial charge in [0.1, 0.15) is 11.5 Å². The molecule has 0 bridgehead atoms. The van der Waals surface area contributed by atoms with Crippen molar-refractivity contribution in [1.82, 2.24) is 10.3 Å². The second-order valence-electron chi connectivity index (χ2n) is 8.90. The highest BCUT2D eigenvalue weighted by Crippen LogP contribution is 2.47. The minimum Gasteiger partial charge on any atom is -0.456 e. The molecule has 166 valence electrons. The molecule has 0 saturated carbocycles. The van der Waals surface area contributed by atoms with Crippen LogP contribution in [-0.4, -0.2) is 4.98 Å². The Labute approximate surface area is 204 Å². The van der Waals surface area contributed by atoms with Crippen LogP contribution in [0.25, 0.3) is 38.7 Å². The SMILES string of the molecule is C1=CC(c2ccc(-c3ccc4c(c3)Oc3cccc5cccc-4c35)cc2)NC(c2ccccn2)=C1. The molecule has 1 N–H and O–H groups in total. The Kier molecular flexibility index (Phi) is 4.52. The topological polar surface area (TPSA) is 34.1 Å². The lowest BCUT2D eigenvalue weighted by molar-refractivity contribution is 0.487. The van der Waals surface area contributed by atoms with Gasteiger partial charge >= 0.3 is 0 Å². The largest absolute Gasteiger partial charge is 0.456 e. The Morgan fingerprint density at radius 1 is 0.714 bits per heavy atom. The van der Waals surface area contributed by atoms with Crippen LogP contribution in [0, 0.1) is 0 Å². The lowest BCUT2D eigenvalue weighted by Gasteiger charge is -2.23. The normalized spacial score (nSPS) is 15.7. The lowest BCUT2D eigenvalue weighted by Crippen LogP contribution is -2.20. The van der Waals surface area contributed by atoms with Crippen molar-refractivity contribution in [3.8, 4) is 33.8 Å². The van der Waals surface area contributed by atoms with Crippen LogP contribution < -0.4 is 10.1 Å². The van der Waals surface area contributed by atoms with Gasteiger partial charge < -0.3 is 10.1 Å². The summed E-state index contributed by atoms with van der Waals surface area (Å²) in [5.41, 5.74) is 7.87. The molecule has 0 aliphatic carbocycles. The number of hydrogen-bond donors (Lipinski definition) is 1. The van der Waals surface area contributed by atoms with E-state index in [4.69, 9.17) is 4.74 Å². The summed E-state index contributed by atoms with van der Waals surface area (Å²) in [4.78, 5) is 4.47. The number of benzene rings is 4. The summed E-state index contributed by atoms with van der Waals surface area (Å²) in [5, 5.41) is 5.99. The quantitative estimate of drug-likeness (QED) is 0.297. The highest BCUT2D eigenvalue weighted by molar-refractivity contribution is 6.04. The minimum absolute atomic E-state index is 0.106. The van der Waals surface area contributed by atoms with E-state index in [0.717, 1.165) is 39.6 Å². The molecule has 35 heavy (non-hydrogen) atoms. The summed E-state index contributed by atoms with van der Waals surface area (Å²) in [6.45, 7) is 0. The molecule has 5 aromatic rings. The Hall–Kier alpha value is -4.63. The second kappa shape index (κ2) is 8.00. The number of ether oxygens (including phenoxy) is 1. The molecular formula is C32H22N2O. The van der Waals surface area contributed by atoms with E-state index in [1.807, 2.05) is 24.4 Å². The van der Waals surface area contributed by atoms with Crippen molar-refractivity contribution >= 4 is 16.5 Å². The number of fused-ring (bicyclic) bond motifs is 2. The van der Waals surface area contributed by atoms with E-state index in [-0.39, 0.29) is 6.04 Å². The van der Waals surface area contributed by atoms with Gasteiger partial charge in [0.15, 0.2) is 0 Å². The number of nitrogens with one attached hydrogen (secondary N) is 1. The molecule has 0 radical (unpaired) electrons. The number of nitrogens with zero attached hydrogens (tertiary/aromatic N) is 1.